The number of halogens is 4. The van der Waals surface area contributed by atoms with Crippen LogP contribution < -0.4 is 0 Å². The van der Waals surface area contributed by atoms with Crippen molar-refractivity contribution in [1.82, 2.24) is 62.7 Å². The normalized spacial score (nSPS) is 20.5. The number of hydrogen-bond acceptors (Lipinski definition) is 14. The van der Waals surface area contributed by atoms with Crippen LogP contribution in [0.1, 0.15) is 97.5 Å². The maximum Gasteiger partial charge on any atom is 0.282 e. The van der Waals surface area contributed by atoms with Gasteiger partial charge in [-0.2, -0.15) is 18.8 Å². The Bertz CT molecular complexity index is 3680. The first-order valence-corrected chi connectivity index (χ1v) is 28.4. The van der Waals surface area contributed by atoms with Gasteiger partial charge < -0.3 is 0 Å². The maximum atomic E-state index is 14.3. The number of thiazole rings is 1. The van der Waals surface area contributed by atoms with Gasteiger partial charge >= 0.3 is 0 Å². The van der Waals surface area contributed by atoms with Crippen molar-refractivity contribution in [2.75, 3.05) is 26.4 Å². The van der Waals surface area contributed by atoms with Crippen LogP contribution in [0.15, 0.2) is 101 Å². The summed E-state index contributed by atoms with van der Waals surface area (Å²) in [5.41, 5.74) is 4.33. The van der Waals surface area contributed by atoms with Crippen LogP contribution in [0.3, 0.4) is 0 Å². The highest BCUT2D eigenvalue weighted by atomic mass is 32.2. The summed E-state index contributed by atoms with van der Waals surface area (Å²) in [5, 5.41) is 16.4. The molecule has 0 amide bonds. The molecule has 4 aliphatic rings. The second-order valence-corrected chi connectivity index (χ2v) is 24.5. The number of benzene rings is 2. The quantitative estimate of drug-likeness (QED) is 0.0702. The zero-order chi connectivity index (χ0) is 54.6. The largest absolute Gasteiger partial charge is 0.299 e. The standard InChI is InChI=1S/C27H27F2N7O3S2.C24H26F2N6O3S.2CH4/c1-17-14-30-25(40-17)24(37)27-12-18-15-32-36(21-7-4-20(29)5-8-21)23(18)11-19(27)3-6-22(13-27)35(10-9-28)41(38,39)26-31-16-34(2)33-26;1-16(33)24-12-17-14-28-32(20-7-4-19(26)5-8-20)22(17)11-18(24)3-6-21(13-24)31(10-9-25)36(34,35)23-27-15-30(2)29-23;;/h4-5,7-8,11,14-16,22H,3,6,9-10,12-13H2,1-2H3;4-5,7-8,11,14-15,21H,3,6,9-10,12-13H2,1-2H3;2*1H4/t22-,27-;21-,24+;;/m00../s1. The molecule has 0 radical (unpaired) electrons. The van der Waals surface area contributed by atoms with Gasteiger partial charge in [0.1, 0.15) is 43.4 Å². The van der Waals surface area contributed by atoms with E-state index in [0.29, 0.717) is 48.5 Å². The van der Waals surface area contributed by atoms with Gasteiger partial charge in [0, 0.05) is 50.3 Å². The summed E-state index contributed by atoms with van der Waals surface area (Å²) < 4.78 is 116. The number of Topliss-reactive ketones (excluding diaryl/α,β-unsaturated/α-hetero) is 2. The molecular weight excluding hydrogens is 1090 g/mol. The minimum Gasteiger partial charge on any atom is -0.299 e. The van der Waals surface area contributed by atoms with Crippen molar-refractivity contribution in [3.8, 4) is 11.4 Å². The molecule has 2 saturated carbocycles. The summed E-state index contributed by atoms with van der Waals surface area (Å²) in [4.78, 5) is 40.5. The molecular formula is C53H61F4N13O6S3. The van der Waals surface area contributed by atoms with Gasteiger partial charge in [-0.25, -0.2) is 58.7 Å². The Balaban J connectivity index is 0.000000205. The Morgan fingerprint density at radius 3 is 1.49 bits per heavy atom. The summed E-state index contributed by atoms with van der Waals surface area (Å²) in [7, 11) is -5.28. The molecule has 26 heteroatoms. The van der Waals surface area contributed by atoms with Gasteiger partial charge in [0.25, 0.3) is 30.4 Å². The molecule has 11 rings (SSSR count). The van der Waals surface area contributed by atoms with E-state index in [9.17, 15) is 44.0 Å². The molecule has 4 aliphatic carbocycles. The van der Waals surface area contributed by atoms with Crippen molar-refractivity contribution in [3.05, 3.63) is 135 Å². The van der Waals surface area contributed by atoms with E-state index in [2.05, 4.69) is 35.3 Å². The Hall–Kier alpha value is -6.87. The average Bonchev–Trinajstić information content (AvgIpc) is 4.33. The Labute approximate surface area is 459 Å². The molecule has 19 nitrogen and oxygen atoms in total. The summed E-state index contributed by atoms with van der Waals surface area (Å²) in [5.74, 6) is -0.975. The first-order chi connectivity index (χ1) is 36.8. The second-order valence-electron chi connectivity index (χ2n) is 19.7. The Kier molecular flexibility index (Phi) is 16.8. The molecule has 0 bridgehead atoms. The molecule has 0 aliphatic heterocycles. The average molecular weight is 1150 g/mol. The van der Waals surface area contributed by atoms with Gasteiger partial charge in [0.05, 0.1) is 46.0 Å². The zero-order valence-corrected chi connectivity index (χ0v) is 44.7. The van der Waals surface area contributed by atoms with E-state index in [1.54, 1.807) is 66.3 Å². The highest BCUT2D eigenvalue weighted by molar-refractivity contribution is 7.89. The van der Waals surface area contributed by atoms with Gasteiger partial charge in [0.2, 0.25) is 5.78 Å². The lowest BCUT2D eigenvalue weighted by molar-refractivity contribution is -0.126. The molecule has 2 aromatic carbocycles. The summed E-state index contributed by atoms with van der Waals surface area (Å²) in [6.07, 6.45) is 14.1. The number of sulfonamides is 2. The van der Waals surface area contributed by atoms with Crippen LogP contribution in [0.25, 0.3) is 23.5 Å². The van der Waals surface area contributed by atoms with Gasteiger partial charge in [-0.05, 0) is 137 Å². The molecule has 0 spiro atoms. The predicted molar refractivity (Wildman–Crippen MR) is 288 cm³/mol. The molecule has 2 fully saturated rings. The number of nitrogens with zero attached hydrogens (tertiary/aromatic N) is 13. The van der Waals surface area contributed by atoms with Crippen LogP contribution in [-0.2, 0) is 51.8 Å². The zero-order valence-electron chi connectivity index (χ0n) is 42.3. The van der Waals surface area contributed by atoms with Crippen LogP contribution in [0.2, 0.25) is 0 Å². The van der Waals surface area contributed by atoms with Crippen molar-refractivity contribution < 1.29 is 44.0 Å². The summed E-state index contributed by atoms with van der Waals surface area (Å²) in [6, 6.07) is 10.7. The first-order valence-electron chi connectivity index (χ1n) is 24.7. The van der Waals surface area contributed by atoms with Crippen LogP contribution in [0, 0.1) is 29.4 Å². The molecule has 4 atom stereocenters. The number of fused-ring (bicyclic) bond motifs is 4. The lowest BCUT2D eigenvalue weighted by Crippen LogP contribution is -2.51. The van der Waals surface area contributed by atoms with Crippen LogP contribution in [0.4, 0.5) is 17.6 Å². The second kappa shape index (κ2) is 22.7. The highest BCUT2D eigenvalue weighted by Gasteiger charge is 2.53. The molecule has 0 N–H and O–H groups in total. The third-order valence-corrected chi connectivity index (χ3v) is 19.4. The Morgan fingerprint density at radius 1 is 0.671 bits per heavy atom. The van der Waals surface area contributed by atoms with Crippen molar-refractivity contribution >= 4 is 55.1 Å². The van der Waals surface area contributed by atoms with Gasteiger partial charge in [0.15, 0.2) is 5.01 Å². The minimum atomic E-state index is -4.23. The monoisotopic (exact) mass is 1150 g/mol. The van der Waals surface area contributed by atoms with Gasteiger partial charge in [-0.15, -0.1) is 21.5 Å². The van der Waals surface area contributed by atoms with Gasteiger partial charge in [-0.3, -0.25) is 19.0 Å². The van der Waals surface area contributed by atoms with E-state index in [-0.39, 0.29) is 75.6 Å². The molecule has 5 heterocycles. The van der Waals surface area contributed by atoms with E-state index in [0.717, 1.165) is 47.1 Å². The fourth-order valence-electron chi connectivity index (χ4n) is 11.3. The SMILES string of the molecule is C.C.CC(=O)[C@]12Cc3cnn(-c4ccc(F)cc4)c3C=C1CC[C@H](N(CCF)S(=O)(=O)c1ncn(C)n1)C2.Cc1cnc(C(=O)[C@]23Cc4cnn(-c5ccc(F)cc5)c4C=C2CC[C@H](N(CCF)S(=O)(=O)c2ncn(C)n2)C3)s1. The lowest BCUT2D eigenvalue weighted by atomic mass is 9.61. The number of aryl methyl sites for hydroxylation is 3. The third-order valence-electron chi connectivity index (χ3n) is 15.0. The molecule has 5 aromatic heterocycles. The van der Waals surface area contributed by atoms with Crippen molar-refractivity contribution in [2.24, 2.45) is 24.9 Å². The van der Waals surface area contributed by atoms with E-state index in [1.165, 1.54) is 64.5 Å². The molecule has 7 aromatic rings. The van der Waals surface area contributed by atoms with E-state index in [1.807, 2.05) is 19.1 Å². The summed E-state index contributed by atoms with van der Waals surface area (Å²) >= 11 is 1.29. The van der Waals surface area contributed by atoms with E-state index < -0.39 is 61.5 Å². The van der Waals surface area contributed by atoms with Gasteiger partial charge in [-0.1, -0.05) is 26.0 Å². The number of aromatic nitrogens is 11. The van der Waals surface area contributed by atoms with E-state index in [4.69, 9.17) is 0 Å². The minimum absolute atomic E-state index is 0. The predicted octanol–water partition coefficient (Wildman–Crippen LogP) is 8.07. The van der Waals surface area contributed by atoms with Crippen LogP contribution >= 0.6 is 11.3 Å². The number of carbonyl (C=O) groups is 2. The fourth-order valence-corrected chi connectivity index (χ4v) is 15.1. The first kappa shape index (κ1) is 58.3. The molecule has 0 saturated heterocycles. The van der Waals surface area contributed by atoms with Crippen molar-refractivity contribution in [3.63, 3.8) is 0 Å². The smallest absolute Gasteiger partial charge is 0.282 e. The maximum absolute atomic E-state index is 14.3. The number of rotatable bonds is 15. The number of ketones is 2. The number of alkyl halides is 2. The third kappa shape index (κ3) is 10.7. The fraction of sp³-hybridized carbons (Fsp3) is 0.415. The number of hydrogen-bond donors (Lipinski definition) is 0. The number of allylic oxidation sites excluding steroid dienone is 2. The highest BCUT2D eigenvalue weighted by Crippen LogP contribution is 2.53. The Morgan fingerprint density at radius 2 is 1.10 bits per heavy atom. The summed E-state index contributed by atoms with van der Waals surface area (Å²) in [6.45, 7) is 0.900. The van der Waals surface area contributed by atoms with Crippen molar-refractivity contribution in [2.45, 2.75) is 102 Å². The molecule has 0 unspecified atom stereocenters. The molecule has 79 heavy (non-hydrogen) atoms. The molecule has 420 valence electrons. The number of carbonyl (C=O) groups excluding carboxylic acids is 2. The van der Waals surface area contributed by atoms with Crippen molar-refractivity contribution in [1.29, 1.82) is 0 Å². The van der Waals surface area contributed by atoms with Crippen LogP contribution in [-0.4, -0.2) is 130 Å². The lowest BCUT2D eigenvalue weighted by Gasteiger charge is -2.46. The van der Waals surface area contributed by atoms with Crippen LogP contribution in [0.5, 0.6) is 0 Å². The topological polar surface area (TPSA) is 219 Å². The van der Waals surface area contributed by atoms with E-state index >= 15 is 0 Å².